The molecule has 0 fully saturated rings. The molecule has 0 aliphatic rings. The number of ether oxygens (including phenoxy) is 1. The fourth-order valence-electron chi connectivity index (χ4n) is 2.88. The highest BCUT2D eigenvalue weighted by atomic mass is 16.5. The molecular formula is C21H23N3O2. The van der Waals surface area contributed by atoms with E-state index in [0.29, 0.717) is 18.8 Å². The van der Waals surface area contributed by atoms with Gasteiger partial charge in [0.15, 0.2) is 0 Å². The van der Waals surface area contributed by atoms with Gasteiger partial charge in [-0.2, -0.15) is 5.10 Å². The van der Waals surface area contributed by atoms with Crippen LogP contribution in [0.3, 0.4) is 0 Å². The summed E-state index contributed by atoms with van der Waals surface area (Å²) in [5.41, 5.74) is 3.37. The maximum absolute atomic E-state index is 12.6. The first-order valence-electron chi connectivity index (χ1n) is 8.76. The van der Waals surface area contributed by atoms with Crippen molar-refractivity contribution in [1.82, 2.24) is 15.1 Å². The van der Waals surface area contributed by atoms with Crippen molar-refractivity contribution in [3.63, 3.8) is 0 Å². The lowest BCUT2D eigenvalue weighted by Gasteiger charge is -2.06. The van der Waals surface area contributed by atoms with E-state index in [2.05, 4.69) is 22.5 Å². The molecule has 0 spiro atoms. The number of rotatable bonds is 7. The summed E-state index contributed by atoms with van der Waals surface area (Å²) in [7, 11) is 1.63. The quantitative estimate of drug-likeness (QED) is 0.710. The van der Waals surface area contributed by atoms with Crippen LogP contribution in [0, 0.1) is 0 Å². The molecule has 2 aromatic carbocycles. The third-order valence-electron chi connectivity index (χ3n) is 4.24. The van der Waals surface area contributed by atoms with Crippen LogP contribution in [0.25, 0.3) is 11.3 Å². The standard InChI is InChI=1S/C21H23N3O2/c1-3-24-19(21(25)22-14-13-16-9-5-4-6-10-16)15-18(23-24)17-11-7-8-12-20(17)26-2/h4-12,15H,3,13-14H2,1-2H3,(H,22,25). The number of carbonyl (C=O) groups is 1. The van der Waals surface area contributed by atoms with Gasteiger partial charge in [0.2, 0.25) is 0 Å². The molecule has 0 bridgehead atoms. The highest BCUT2D eigenvalue weighted by Gasteiger charge is 2.17. The molecule has 5 heteroatoms. The van der Waals surface area contributed by atoms with Crippen molar-refractivity contribution in [2.75, 3.05) is 13.7 Å². The van der Waals surface area contributed by atoms with E-state index < -0.39 is 0 Å². The molecule has 1 heterocycles. The Morgan fingerprint density at radius 3 is 2.58 bits per heavy atom. The molecule has 0 saturated heterocycles. The number of para-hydroxylation sites is 1. The lowest BCUT2D eigenvalue weighted by atomic mass is 10.1. The van der Waals surface area contributed by atoms with Crippen LogP contribution in [0.4, 0.5) is 0 Å². The maximum Gasteiger partial charge on any atom is 0.269 e. The SMILES string of the molecule is CCn1nc(-c2ccccc2OC)cc1C(=O)NCCc1ccccc1. The van der Waals surface area contributed by atoms with E-state index in [1.165, 1.54) is 5.56 Å². The van der Waals surface area contributed by atoms with E-state index in [9.17, 15) is 4.79 Å². The minimum atomic E-state index is -0.114. The van der Waals surface area contributed by atoms with Crippen LogP contribution < -0.4 is 10.1 Å². The highest BCUT2D eigenvalue weighted by molar-refractivity contribution is 5.94. The van der Waals surface area contributed by atoms with Crippen LogP contribution in [0.2, 0.25) is 0 Å². The number of benzene rings is 2. The van der Waals surface area contributed by atoms with Crippen molar-refractivity contribution in [3.8, 4) is 17.0 Å². The molecule has 0 radical (unpaired) electrons. The number of nitrogens with one attached hydrogen (secondary N) is 1. The van der Waals surface area contributed by atoms with Gasteiger partial charge in [-0.1, -0.05) is 42.5 Å². The summed E-state index contributed by atoms with van der Waals surface area (Å²) in [6, 6.07) is 19.6. The first-order chi connectivity index (χ1) is 12.7. The minimum absolute atomic E-state index is 0.114. The third-order valence-corrected chi connectivity index (χ3v) is 4.24. The van der Waals surface area contributed by atoms with Crippen LogP contribution in [0.5, 0.6) is 5.75 Å². The maximum atomic E-state index is 12.6. The summed E-state index contributed by atoms with van der Waals surface area (Å²) in [5.74, 6) is 0.626. The minimum Gasteiger partial charge on any atom is -0.496 e. The zero-order valence-electron chi connectivity index (χ0n) is 15.1. The second-order valence-electron chi connectivity index (χ2n) is 5.92. The average molecular weight is 349 g/mol. The van der Waals surface area contributed by atoms with Gasteiger partial charge in [0.05, 0.1) is 12.8 Å². The number of amides is 1. The molecule has 1 amide bonds. The van der Waals surface area contributed by atoms with Crippen molar-refractivity contribution >= 4 is 5.91 Å². The molecule has 3 rings (SSSR count). The van der Waals surface area contributed by atoms with Gasteiger partial charge in [-0.25, -0.2) is 0 Å². The van der Waals surface area contributed by atoms with Gasteiger partial charge in [-0.3, -0.25) is 9.48 Å². The summed E-state index contributed by atoms with van der Waals surface area (Å²) in [4.78, 5) is 12.6. The summed E-state index contributed by atoms with van der Waals surface area (Å²) in [6.45, 7) is 3.18. The molecule has 0 aliphatic carbocycles. The molecule has 0 saturated carbocycles. The number of nitrogens with zero attached hydrogens (tertiary/aromatic N) is 2. The van der Waals surface area contributed by atoms with Gasteiger partial charge in [-0.05, 0) is 37.1 Å². The number of hydrogen-bond donors (Lipinski definition) is 1. The van der Waals surface area contributed by atoms with Crippen molar-refractivity contribution in [2.24, 2.45) is 0 Å². The lowest BCUT2D eigenvalue weighted by molar-refractivity contribution is 0.0943. The van der Waals surface area contributed by atoms with Crippen molar-refractivity contribution in [3.05, 3.63) is 71.9 Å². The molecule has 5 nitrogen and oxygen atoms in total. The molecule has 134 valence electrons. The van der Waals surface area contributed by atoms with E-state index in [4.69, 9.17) is 4.74 Å². The van der Waals surface area contributed by atoms with E-state index in [1.807, 2.05) is 55.5 Å². The molecule has 0 unspecified atom stereocenters. The van der Waals surface area contributed by atoms with E-state index in [-0.39, 0.29) is 5.91 Å². The summed E-state index contributed by atoms with van der Waals surface area (Å²) in [6.07, 6.45) is 0.798. The number of methoxy groups -OCH3 is 1. The van der Waals surface area contributed by atoms with Gasteiger partial charge in [-0.15, -0.1) is 0 Å². The van der Waals surface area contributed by atoms with Crippen LogP contribution in [-0.2, 0) is 13.0 Å². The normalized spacial score (nSPS) is 10.5. The summed E-state index contributed by atoms with van der Waals surface area (Å²) >= 11 is 0. The Bertz CT molecular complexity index is 872. The molecular weight excluding hydrogens is 326 g/mol. The topological polar surface area (TPSA) is 56.2 Å². The van der Waals surface area contributed by atoms with Gasteiger partial charge in [0, 0.05) is 18.7 Å². The molecule has 26 heavy (non-hydrogen) atoms. The lowest BCUT2D eigenvalue weighted by Crippen LogP contribution is -2.28. The van der Waals surface area contributed by atoms with E-state index >= 15 is 0 Å². The third kappa shape index (κ3) is 3.94. The Hall–Kier alpha value is -3.08. The average Bonchev–Trinajstić information content (AvgIpc) is 3.13. The Balaban J connectivity index is 1.75. The Morgan fingerprint density at radius 2 is 1.85 bits per heavy atom. The number of aromatic nitrogens is 2. The molecule has 1 N–H and O–H groups in total. The molecule has 0 atom stereocenters. The summed E-state index contributed by atoms with van der Waals surface area (Å²) < 4.78 is 7.13. The number of aryl methyl sites for hydroxylation is 1. The Morgan fingerprint density at radius 1 is 1.12 bits per heavy atom. The van der Waals surface area contributed by atoms with Gasteiger partial charge in [0.25, 0.3) is 5.91 Å². The van der Waals surface area contributed by atoms with E-state index in [1.54, 1.807) is 11.8 Å². The van der Waals surface area contributed by atoms with E-state index in [0.717, 1.165) is 23.4 Å². The molecule has 3 aromatic rings. The van der Waals surface area contributed by atoms with Crippen LogP contribution in [0.15, 0.2) is 60.7 Å². The Labute approximate surface area is 153 Å². The predicted octanol–water partition coefficient (Wildman–Crippen LogP) is 3.55. The summed E-state index contributed by atoms with van der Waals surface area (Å²) in [5, 5.41) is 7.56. The molecule has 0 aliphatic heterocycles. The monoisotopic (exact) mass is 349 g/mol. The first kappa shape index (κ1) is 17.7. The second-order valence-corrected chi connectivity index (χ2v) is 5.92. The van der Waals surface area contributed by atoms with Crippen molar-refractivity contribution < 1.29 is 9.53 Å². The number of carbonyl (C=O) groups excluding carboxylic acids is 1. The largest absolute Gasteiger partial charge is 0.496 e. The van der Waals surface area contributed by atoms with Gasteiger partial charge >= 0.3 is 0 Å². The van der Waals surface area contributed by atoms with Crippen LogP contribution in [0.1, 0.15) is 23.0 Å². The van der Waals surface area contributed by atoms with Crippen LogP contribution >= 0.6 is 0 Å². The van der Waals surface area contributed by atoms with Crippen molar-refractivity contribution in [1.29, 1.82) is 0 Å². The first-order valence-corrected chi connectivity index (χ1v) is 8.76. The fourth-order valence-corrected chi connectivity index (χ4v) is 2.88. The Kier molecular flexibility index (Phi) is 5.69. The second kappa shape index (κ2) is 8.34. The zero-order chi connectivity index (χ0) is 18.4. The van der Waals surface area contributed by atoms with Gasteiger partial charge in [0.1, 0.15) is 11.4 Å². The fraction of sp³-hybridized carbons (Fsp3) is 0.238. The highest BCUT2D eigenvalue weighted by Crippen LogP contribution is 2.29. The van der Waals surface area contributed by atoms with Gasteiger partial charge < -0.3 is 10.1 Å². The number of hydrogen-bond acceptors (Lipinski definition) is 3. The molecule has 1 aromatic heterocycles. The predicted molar refractivity (Wildman–Crippen MR) is 102 cm³/mol. The van der Waals surface area contributed by atoms with Crippen molar-refractivity contribution in [2.45, 2.75) is 19.9 Å². The zero-order valence-corrected chi connectivity index (χ0v) is 15.1. The smallest absolute Gasteiger partial charge is 0.269 e. The van der Waals surface area contributed by atoms with Crippen LogP contribution in [-0.4, -0.2) is 29.3 Å².